The predicted molar refractivity (Wildman–Crippen MR) is 87.3 cm³/mol. The highest BCUT2D eigenvalue weighted by Gasteiger charge is 2.08. The van der Waals surface area contributed by atoms with Crippen LogP contribution >= 0.6 is 0 Å². The maximum Gasteiger partial charge on any atom is 0.239 e. The average Bonchev–Trinajstić information content (AvgIpc) is 2.54. The molecule has 1 aromatic rings. The first kappa shape index (κ1) is 17.2. The van der Waals surface area contributed by atoms with Gasteiger partial charge in [-0.2, -0.15) is 0 Å². The van der Waals surface area contributed by atoms with Crippen molar-refractivity contribution in [3.8, 4) is 0 Å². The largest absolute Gasteiger partial charge is 0.354 e. The van der Waals surface area contributed by atoms with Crippen LogP contribution in [0.15, 0.2) is 35.9 Å². The molecule has 2 amide bonds. The standard InChI is InChI=1S/C18H23FN2O2/c19-16-8-4-7-15(11-16)12-17(22)21-13-18(23)20-10-9-14-5-2-1-3-6-14/h4-5,7-8,11H,1-3,6,9-10,12-13H2,(H,20,23)(H,21,22). The molecule has 0 unspecified atom stereocenters. The van der Waals surface area contributed by atoms with Crippen molar-refractivity contribution < 1.29 is 14.0 Å². The van der Waals surface area contributed by atoms with Gasteiger partial charge in [-0.15, -0.1) is 0 Å². The molecule has 0 radical (unpaired) electrons. The van der Waals surface area contributed by atoms with E-state index in [0.717, 1.165) is 19.3 Å². The molecule has 0 heterocycles. The van der Waals surface area contributed by atoms with Gasteiger partial charge in [0.05, 0.1) is 13.0 Å². The van der Waals surface area contributed by atoms with Crippen molar-refractivity contribution in [2.75, 3.05) is 13.1 Å². The predicted octanol–water partition coefficient (Wildman–Crippen LogP) is 2.49. The van der Waals surface area contributed by atoms with Crippen LogP contribution < -0.4 is 10.6 Å². The van der Waals surface area contributed by atoms with Gasteiger partial charge in [0.1, 0.15) is 5.82 Å². The Bertz CT molecular complexity index is 584. The van der Waals surface area contributed by atoms with Crippen molar-refractivity contribution in [1.82, 2.24) is 10.6 Å². The Hall–Kier alpha value is -2.17. The summed E-state index contributed by atoms with van der Waals surface area (Å²) in [6.45, 7) is 0.553. The number of amides is 2. The Labute approximate surface area is 136 Å². The minimum absolute atomic E-state index is 0.0484. The number of rotatable bonds is 7. The lowest BCUT2D eigenvalue weighted by Gasteiger charge is -2.13. The topological polar surface area (TPSA) is 58.2 Å². The van der Waals surface area contributed by atoms with E-state index in [1.54, 1.807) is 12.1 Å². The molecule has 0 saturated carbocycles. The van der Waals surface area contributed by atoms with Crippen molar-refractivity contribution in [2.24, 2.45) is 0 Å². The zero-order chi connectivity index (χ0) is 16.5. The normalized spacial score (nSPS) is 14.0. The summed E-state index contributed by atoms with van der Waals surface area (Å²) in [7, 11) is 0. The fraction of sp³-hybridized carbons (Fsp3) is 0.444. The molecule has 2 N–H and O–H groups in total. The molecule has 1 aromatic carbocycles. The number of hydrogen-bond donors (Lipinski definition) is 2. The van der Waals surface area contributed by atoms with E-state index in [4.69, 9.17) is 0 Å². The Balaban J connectivity index is 1.61. The third kappa shape index (κ3) is 6.63. The van der Waals surface area contributed by atoms with E-state index < -0.39 is 0 Å². The first-order chi connectivity index (χ1) is 11.1. The molecule has 124 valence electrons. The van der Waals surface area contributed by atoms with Crippen molar-refractivity contribution in [1.29, 1.82) is 0 Å². The second-order valence-corrected chi connectivity index (χ2v) is 5.79. The minimum atomic E-state index is -0.370. The summed E-state index contributed by atoms with van der Waals surface area (Å²) >= 11 is 0. The molecule has 0 atom stereocenters. The van der Waals surface area contributed by atoms with Crippen LogP contribution in [0.1, 0.15) is 37.7 Å². The van der Waals surface area contributed by atoms with Gasteiger partial charge in [-0.3, -0.25) is 9.59 Å². The molecular weight excluding hydrogens is 295 g/mol. The summed E-state index contributed by atoms with van der Waals surface area (Å²) in [5.41, 5.74) is 2.00. The van der Waals surface area contributed by atoms with Gasteiger partial charge in [0, 0.05) is 6.54 Å². The molecule has 0 fully saturated rings. The summed E-state index contributed by atoms with van der Waals surface area (Å²) in [6.07, 6.45) is 7.96. The molecule has 4 nitrogen and oxygen atoms in total. The fourth-order valence-electron chi connectivity index (χ4n) is 2.63. The summed E-state index contributed by atoms with van der Waals surface area (Å²) in [5, 5.41) is 5.35. The quantitative estimate of drug-likeness (QED) is 0.759. The van der Waals surface area contributed by atoms with Crippen LogP contribution in [0.5, 0.6) is 0 Å². The Morgan fingerprint density at radius 2 is 2.00 bits per heavy atom. The van der Waals surface area contributed by atoms with E-state index in [1.165, 1.54) is 30.5 Å². The molecule has 1 aliphatic carbocycles. The van der Waals surface area contributed by atoms with Crippen LogP contribution in [0.2, 0.25) is 0 Å². The molecule has 2 rings (SSSR count). The van der Waals surface area contributed by atoms with Crippen molar-refractivity contribution >= 4 is 11.8 Å². The van der Waals surface area contributed by atoms with Gasteiger partial charge in [-0.25, -0.2) is 4.39 Å². The minimum Gasteiger partial charge on any atom is -0.354 e. The van der Waals surface area contributed by atoms with E-state index >= 15 is 0 Å². The van der Waals surface area contributed by atoms with Crippen LogP contribution in [0.4, 0.5) is 4.39 Å². The van der Waals surface area contributed by atoms with Crippen LogP contribution in [0, 0.1) is 5.82 Å². The molecule has 23 heavy (non-hydrogen) atoms. The lowest BCUT2D eigenvalue weighted by atomic mass is 9.97. The van der Waals surface area contributed by atoms with Crippen LogP contribution in [-0.2, 0) is 16.0 Å². The Morgan fingerprint density at radius 3 is 2.74 bits per heavy atom. The van der Waals surface area contributed by atoms with Crippen LogP contribution in [0.3, 0.4) is 0 Å². The van der Waals surface area contributed by atoms with E-state index in [2.05, 4.69) is 16.7 Å². The molecule has 0 saturated heterocycles. The number of nitrogens with one attached hydrogen (secondary N) is 2. The third-order valence-electron chi connectivity index (χ3n) is 3.85. The smallest absolute Gasteiger partial charge is 0.239 e. The van der Waals surface area contributed by atoms with Crippen molar-refractivity contribution in [2.45, 2.75) is 38.5 Å². The SMILES string of the molecule is O=C(CNC(=O)Cc1cccc(F)c1)NCCC1=CCCCC1. The highest BCUT2D eigenvalue weighted by atomic mass is 19.1. The molecule has 5 heteroatoms. The van der Waals surface area contributed by atoms with E-state index in [0.29, 0.717) is 12.1 Å². The second-order valence-electron chi connectivity index (χ2n) is 5.79. The molecule has 0 aliphatic heterocycles. The van der Waals surface area contributed by atoms with Crippen LogP contribution in [0.25, 0.3) is 0 Å². The number of allylic oxidation sites excluding steroid dienone is 1. The summed E-state index contributed by atoms with van der Waals surface area (Å²) in [6, 6.07) is 5.89. The maximum absolute atomic E-state index is 13.0. The van der Waals surface area contributed by atoms with Gasteiger partial charge >= 0.3 is 0 Å². The maximum atomic E-state index is 13.0. The monoisotopic (exact) mass is 318 g/mol. The first-order valence-electron chi connectivity index (χ1n) is 8.09. The van der Waals surface area contributed by atoms with Gasteiger partial charge in [0.2, 0.25) is 11.8 Å². The Kier molecular flexibility index (Phi) is 6.78. The van der Waals surface area contributed by atoms with Gasteiger partial charge in [-0.05, 0) is 49.8 Å². The van der Waals surface area contributed by atoms with Crippen molar-refractivity contribution in [3.63, 3.8) is 0 Å². The lowest BCUT2D eigenvalue weighted by molar-refractivity contribution is -0.125. The summed E-state index contributed by atoms with van der Waals surface area (Å²) in [5.74, 6) is -0.861. The van der Waals surface area contributed by atoms with Gasteiger partial charge in [0.25, 0.3) is 0 Å². The Morgan fingerprint density at radius 1 is 1.13 bits per heavy atom. The zero-order valence-electron chi connectivity index (χ0n) is 13.2. The number of carbonyl (C=O) groups excluding carboxylic acids is 2. The fourth-order valence-corrected chi connectivity index (χ4v) is 2.63. The third-order valence-corrected chi connectivity index (χ3v) is 3.85. The van der Waals surface area contributed by atoms with Crippen molar-refractivity contribution in [3.05, 3.63) is 47.3 Å². The van der Waals surface area contributed by atoms with E-state index in [1.807, 2.05) is 0 Å². The highest BCUT2D eigenvalue weighted by molar-refractivity contribution is 5.85. The first-order valence-corrected chi connectivity index (χ1v) is 8.09. The summed E-state index contributed by atoms with van der Waals surface area (Å²) in [4.78, 5) is 23.4. The molecule has 1 aliphatic rings. The second kappa shape index (κ2) is 9.08. The van der Waals surface area contributed by atoms with Crippen LogP contribution in [-0.4, -0.2) is 24.9 Å². The summed E-state index contributed by atoms with van der Waals surface area (Å²) < 4.78 is 13.0. The van der Waals surface area contributed by atoms with E-state index in [-0.39, 0.29) is 30.6 Å². The number of halogens is 1. The van der Waals surface area contributed by atoms with Gasteiger partial charge in [-0.1, -0.05) is 23.8 Å². The molecular formula is C18H23FN2O2. The lowest BCUT2D eigenvalue weighted by Crippen LogP contribution is -2.38. The molecule has 0 aromatic heterocycles. The zero-order valence-corrected chi connectivity index (χ0v) is 13.2. The average molecular weight is 318 g/mol. The number of benzene rings is 1. The van der Waals surface area contributed by atoms with Gasteiger partial charge in [0.15, 0.2) is 0 Å². The molecule has 0 bridgehead atoms. The number of carbonyl (C=O) groups is 2. The molecule has 0 spiro atoms. The highest BCUT2D eigenvalue weighted by Crippen LogP contribution is 2.19. The van der Waals surface area contributed by atoms with E-state index in [9.17, 15) is 14.0 Å². The van der Waals surface area contributed by atoms with Gasteiger partial charge < -0.3 is 10.6 Å². The number of hydrogen-bond acceptors (Lipinski definition) is 2.